The molecule has 16 heavy (non-hydrogen) atoms. The zero-order chi connectivity index (χ0) is 11.7. The average molecular weight is 245 g/mol. The van der Waals surface area contributed by atoms with E-state index >= 15 is 0 Å². The van der Waals surface area contributed by atoms with Gasteiger partial charge in [-0.1, -0.05) is 11.6 Å². The molecule has 5 nitrogen and oxygen atoms in total. The van der Waals surface area contributed by atoms with Crippen LogP contribution in [0.4, 0.5) is 0 Å². The van der Waals surface area contributed by atoms with Crippen LogP contribution in [0.25, 0.3) is 0 Å². The highest BCUT2D eigenvalue weighted by Gasteiger charge is 2.23. The van der Waals surface area contributed by atoms with Gasteiger partial charge in [0.2, 0.25) is 0 Å². The molecular weight excluding hydrogens is 232 g/mol. The van der Waals surface area contributed by atoms with Crippen molar-refractivity contribution in [2.75, 3.05) is 6.61 Å². The highest BCUT2D eigenvalue weighted by atomic mass is 35.5. The Kier molecular flexibility index (Phi) is 3.16. The van der Waals surface area contributed by atoms with E-state index < -0.39 is 11.2 Å². The fourth-order valence-electron chi connectivity index (χ4n) is 1.62. The van der Waals surface area contributed by atoms with Gasteiger partial charge < -0.3 is 5.11 Å². The van der Waals surface area contributed by atoms with Gasteiger partial charge in [0.1, 0.15) is 5.15 Å². The first-order chi connectivity index (χ1) is 7.63. The van der Waals surface area contributed by atoms with E-state index in [0.717, 1.165) is 17.4 Å². The molecule has 0 atom stereocenters. The van der Waals surface area contributed by atoms with Gasteiger partial charge in [-0.05, 0) is 18.8 Å². The highest BCUT2D eigenvalue weighted by Crippen LogP contribution is 2.30. The third kappa shape index (κ3) is 2.20. The topological polar surface area (TPSA) is 64.2 Å². The molecule has 1 fully saturated rings. The number of rotatable bonds is 4. The number of aromatic nitrogens is 2. The van der Waals surface area contributed by atoms with Crippen molar-refractivity contribution in [1.82, 2.24) is 9.13 Å². The molecule has 0 aromatic carbocycles. The maximum absolute atomic E-state index is 11.9. The van der Waals surface area contributed by atoms with E-state index in [1.165, 1.54) is 10.6 Å². The second-order valence-corrected chi connectivity index (χ2v) is 4.40. The summed E-state index contributed by atoms with van der Waals surface area (Å²) in [7, 11) is 0. The summed E-state index contributed by atoms with van der Waals surface area (Å²) < 4.78 is 2.41. The van der Waals surface area contributed by atoms with Crippen LogP contribution in [0.3, 0.4) is 0 Å². The van der Waals surface area contributed by atoms with Crippen molar-refractivity contribution >= 4 is 11.6 Å². The first-order valence-corrected chi connectivity index (χ1v) is 5.62. The molecule has 0 radical (unpaired) electrons. The van der Waals surface area contributed by atoms with Crippen LogP contribution >= 0.6 is 11.6 Å². The number of aliphatic hydroxyl groups excluding tert-OH is 1. The van der Waals surface area contributed by atoms with Gasteiger partial charge in [-0.2, -0.15) is 0 Å². The summed E-state index contributed by atoms with van der Waals surface area (Å²) in [6.45, 7) is 0.336. The minimum atomic E-state index is -0.462. The lowest BCUT2D eigenvalue weighted by Crippen LogP contribution is -2.40. The average Bonchev–Trinajstić information content (AvgIpc) is 3.03. The van der Waals surface area contributed by atoms with Crippen LogP contribution in [0.5, 0.6) is 0 Å². The van der Waals surface area contributed by atoms with Crippen LogP contribution in [0, 0.1) is 5.92 Å². The van der Waals surface area contributed by atoms with E-state index in [9.17, 15) is 9.59 Å². The zero-order valence-corrected chi connectivity index (χ0v) is 9.48. The van der Waals surface area contributed by atoms with E-state index in [1.807, 2.05) is 0 Å². The monoisotopic (exact) mass is 244 g/mol. The van der Waals surface area contributed by atoms with Gasteiger partial charge >= 0.3 is 5.69 Å². The van der Waals surface area contributed by atoms with Crippen molar-refractivity contribution in [2.45, 2.75) is 25.9 Å². The summed E-state index contributed by atoms with van der Waals surface area (Å²) >= 11 is 5.87. The number of hydrogen-bond acceptors (Lipinski definition) is 3. The van der Waals surface area contributed by atoms with Crippen LogP contribution in [-0.4, -0.2) is 20.8 Å². The Morgan fingerprint density at radius 2 is 2.06 bits per heavy atom. The summed E-state index contributed by atoms with van der Waals surface area (Å²) in [5, 5.41) is 8.96. The van der Waals surface area contributed by atoms with Gasteiger partial charge in [0, 0.05) is 12.6 Å². The van der Waals surface area contributed by atoms with Crippen LogP contribution in [0.1, 0.15) is 12.8 Å². The number of aliphatic hydroxyl groups is 1. The molecule has 1 aliphatic rings. The van der Waals surface area contributed by atoms with Gasteiger partial charge in [0.15, 0.2) is 0 Å². The van der Waals surface area contributed by atoms with Gasteiger partial charge in [-0.3, -0.25) is 13.9 Å². The lowest BCUT2D eigenvalue weighted by Gasteiger charge is -2.10. The van der Waals surface area contributed by atoms with E-state index in [4.69, 9.17) is 16.7 Å². The van der Waals surface area contributed by atoms with Crippen LogP contribution in [0.15, 0.2) is 15.7 Å². The molecule has 1 aromatic rings. The molecule has 0 unspecified atom stereocenters. The van der Waals surface area contributed by atoms with Crippen LogP contribution in [-0.2, 0) is 13.1 Å². The second-order valence-electron chi connectivity index (χ2n) is 4.02. The molecule has 1 saturated carbocycles. The molecule has 6 heteroatoms. The maximum Gasteiger partial charge on any atom is 0.332 e. The molecule has 2 rings (SSSR count). The Labute approximate surface area is 96.9 Å². The Balaban J connectivity index is 2.46. The van der Waals surface area contributed by atoms with Gasteiger partial charge in [0.05, 0.1) is 13.2 Å². The van der Waals surface area contributed by atoms with Crippen molar-refractivity contribution in [3.63, 3.8) is 0 Å². The highest BCUT2D eigenvalue weighted by molar-refractivity contribution is 6.29. The Hall–Kier alpha value is -1.07. The van der Waals surface area contributed by atoms with E-state index in [-0.39, 0.29) is 18.3 Å². The van der Waals surface area contributed by atoms with Gasteiger partial charge in [-0.25, -0.2) is 4.79 Å². The summed E-state index contributed by atoms with van der Waals surface area (Å²) in [6.07, 6.45) is 2.20. The summed E-state index contributed by atoms with van der Waals surface area (Å²) in [4.78, 5) is 23.4. The van der Waals surface area contributed by atoms with Gasteiger partial charge in [-0.15, -0.1) is 0 Å². The lowest BCUT2D eigenvalue weighted by atomic mass is 10.4. The molecule has 1 aliphatic carbocycles. The third-order valence-corrected chi connectivity index (χ3v) is 3.00. The lowest BCUT2D eigenvalue weighted by molar-refractivity contribution is 0.269. The van der Waals surface area contributed by atoms with Crippen molar-refractivity contribution in [3.05, 3.63) is 32.1 Å². The van der Waals surface area contributed by atoms with Crippen molar-refractivity contribution in [3.8, 4) is 0 Å². The fraction of sp³-hybridized carbons (Fsp3) is 0.600. The largest absolute Gasteiger partial charge is 0.395 e. The first-order valence-electron chi connectivity index (χ1n) is 5.24. The van der Waals surface area contributed by atoms with E-state index in [0.29, 0.717) is 12.5 Å². The molecule has 0 spiro atoms. The number of hydrogen-bond donors (Lipinski definition) is 1. The number of nitrogens with zero attached hydrogens (tertiary/aromatic N) is 2. The predicted molar refractivity (Wildman–Crippen MR) is 59.8 cm³/mol. The second kappa shape index (κ2) is 4.43. The Morgan fingerprint density at radius 1 is 1.38 bits per heavy atom. The van der Waals surface area contributed by atoms with E-state index in [2.05, 4.69) is 0 Å². The first kappa shape index (κ1) is 11.4. The summed E-state index contributed by atoms with van der Waals surface area (Å²) in [6, 6.07) is 1.22. The van der Waals surface area contributed by atoms with E-state index in [1.54, 1.807) is 0 Å². The molecule has 1 N–H and O–H groups in total. The van der Waals surface area contributed by atoms with Crippen LogP contribution in [0.2, 0.25) is 5.15 Å². The third-order valence-electron chi connectivity index (χ3n) is 2.69. The predicted octanol–water partition coefficient (Wildman–Crippen LogP) is 0.0657. The molecule has 88 valence electrons. The minimum Gasteiger partial charge on any atom is -0.395 e. The van der Waals surface area contributed by atoms with Crippen LogP contribution < -0.4 is 11.2 Å². The SMILES string of the molecule is O=c1cc(Cl)n(CC2CC2)c(=O)n1CCO. The molecule has 0 aliphatic heterocycles. The molecule has 1 heterocycles. The summed E-state index contributed by atoms with van der Waals surface area (Å²) in [5.41, 5.74) is -0.894. The minimum absolute atomic E-state index is 0.0134. The zero-order valence-electron chi connectivity index (χ0n) is 8.73. The Morgan fingerprint density at radius 3 is 2.62 bits per heavy atom. The Bertz CT molecular complexity index is 502. The number of halogens is 1. The normalized spacial score (nSPS) is 15.4. The standard InChI is InChI=1S/C10H13ClN2O3/c11-8-5-9(15)12(3-4-14)10(16)13(8)6-7-1-2-7/h5,7,14H,1-4,6H2. The molecule has 1 aromatic heterocycles. The van der Waals surface area contributed by atoms with Gasteiger partial charge in [0.25, 0.3) is 5.56 Å². The fourth-order valence-corrected chi connectivity index (χ4v) is 1.85. The smallest absolute Gasteiger partial charge is 0.332 e. The summed E-state index contributed by atoms with van der Waals surface area (Å²) in [5.74, 6) is 0.496. The quantitative estimate of drug-likeness (QED) is 0.762. The van der Waals surface area contributed by atoms with Crippen molar-refractivity contribution in [1.29, 1.82) is 0 Å². The van der Waals surface area contributed by atoms with Crippen molar-refractivity contribution in [2.24, 2.45) is 5.92 Å². The maximum atomic E-state index is 11.9. The van der Waals surface area contributed by atoms with Crippen molar-refractivity contribution < 1.29 is 5.11 Å². The molecule has 0 bridgehead atoms. The molecule has 0 saturated heterocycles. The molecular formula is C10H13ClN2O3. The molecule has 0 amide bonds.